The Labute approximate surface area is 123 Å². The number of aliphatic carboxylic acids is 1. The van der Waals surface area contributed by atoms with Crippen LogP contribution >= 0.6 is 11.8 Å². The number of carboxylic acids is 1. The van der Waals surface area contributed by atoms with Gasteiger partial charge in [0.25, 0.3) is 0 Å². The zero-order valence-corrected chi connectivity index (χ0v) is 12.1. The summed E-state index contributed by atoms with van der Waals surface area (Å²) in [6.07, 6.45) is 3.34. The molecule has 1 aromatic rings. The molecule has 0 aliphatic carbocycles. The molecule has 108 valence electrons. The Morgan fingerprint density at radius 2 is 2.05 bits per heavy atom. The van der Waals surface area contributed by atoms with Crippen LogP contribution in [-0.4, -0.2) is 34.0 Å². The summed E-state index contributed by atoms with van der Waals surface area (Å²) in [5, 5.41) is 11.8. The van der Waals surface area contributed by atoms with E-state index >= 15 is 0 Å². The van der Waals surface area contributed by atoms with Crippen LogP contribution in [0.2, 0.25) is 0 Å². The van der Waals surface area contributed by atoms with E-state index in [0.717, 1.165) is 30.6 Å². The van der Waals surface area contributed by atoms with Crippen molar-refractivity contribution >= 4 is 23.6 Å². The van der Waals surface area contributed by atoms with Gasteiger partial charge in [0.15, 0.2) is 0 Å². The first-order valence-electron chi connectivity index (χ1n) is 6.85. The molecule has 1 aliphatic rings. The van der Waals surface area contributed by atoms with Gasteiger partial charge in [-0.1, -0.05) is 36.8 Å². The molecule has 2 rings (SSSR count). The van der Waals surface area contributed by atoms with Crippen molar-refractivity contribution in [2.24, 2.45) is 0 Å². The number of benzene rings is 1. The van der Waals surface area contributed by atoms with Gasteiger partial charge in [-0.3, -0.25) is 4.79 Å². The van der Waals surface area contributed by atoms with Gasteiger partial charge < -0.3 is 10.4 Å². The van der Waals surface area contributed by atoms with Crippen LogP contribution in [0.15, 0.2) is 30.3 Å². The monoisotopic (exact) mass is 293 g/mol. The minimum Gasteiger partial charge on any atom is -0.480 e. The molecule has 0 saturated carbocycles. The van der Waals surface area contributed by atoms with Crippen LogP contribution < -0.4 is 5.32 Å². The van der Waals surface area contributed by atoms with Crippen molar-refractivity contribution in [1.82, 2.24) is 5.32 Å². The van der Waals surface area contributed by atoms with E-state index < -0.39 is 12.0 Å². The van der Waals surface area contributed by atoms with E-state index in [1.165, 1.54) is 0 Å². The number of carboxylic acid groups (broad SMARTS) is 1. The SMILES string of the molecule is O=C(N[C@H](Cc1ccccc1)C(=O)O)C1CCCCS1. The Morgan fingerprint density at radius 1 is 1.30 bits per heavy atom. The number of rotatable bonds is 5. The van der Waals surface area contributed by atoms with Crippen molar-refractivity contribution in [3.05, 3.63) is 35.9 Å². The highest BCUT2D eigenvalue weighted by Gasteiger charge is 2.26. The molecule has 1 aliphatic heterocycles. The van der Waals surface area contributed by atoms with E-state index in [2.05, 4.69) is 5.32 Å². The zero-order valence-electron chi connectivity index (χ0n) is 11.2. The number of nitrogens with one attached hydrogen (secondary N) is 1. The smallest absolute Gasteiger partial charge is 0.326 e. The third-order valence-corrected chi connectivity index (χ3v) is 4.75. The molecule has 4 nitrogen and oxygen atoms in total. The number of carbonyl (C=O) groups excluding carboxylic acids is 1. The average molecular weight is 293 g/mol. The Balaban J connectivity index is 1.95. The third kappa shape index (κ3) is 4.27. The van der Waals surface area contributed by atoms with Crippen molar-refractivity contribution in [3.63, 3.8) is 0 Å². The molecule has 20 heavy (non-hydrogen) atoms. The lowest BCUT2D eigenvalue weighted by Crippen LogP contribution is -2.46. The van der Waals surface area contributed by atoms with Gasteiger partial charge in [-0.25, -0.2) is 4.79 Å². The fourth-order valence-electron chi connectivity index (χ4n) is 2.26. The predicted octanol–water partition coefficient (Wildman–Crippen LogP) is 2.08. The second-order valence-electron chi connectivity index (χ2n) is 4.94. The molecular formula is C15H19NO3S. The van der Waals surface area contributed by atoms with E-state index in [9.17, 15) is 14.7 Å². The topological polar surface area (TPSA) is 66.4 Å². The van der Waals surface area contributed by atoms with Gasteiger partial charge >= 0.3 is 5.97 Å². The zero-order chi connectivity index (χ0) is 14.4. The molecule has 1 unspecified atom stereocenters. The van der Waals surface area contributed by atoms with Crippen molar-refractivity contribution in [2.75, 3.05) is 5.75 Å². The van der Waals surface area contributed by atoms with E-state index in [-0.39, 0.29) is 11.2 Å². The van der Waals surface area contributed by atoms with E-state index in [0.29, 0.717) is 6.42 Å². The van der Waals surface area contributed by atoms with Crippen molar-refractivity contribution < 1.29 is 14.7 Å². The third-order valence-electron chi connectivity index (χ3n) is 3.37. The molecule has 1 heterocycles. The van der Waals surface area contributed by atoms with E-state index in [1.54, 1.807) is 11.8 Å². The predicted molar refractivity (Wildman–Crippen MR) is 79.8 cm³/mol. The second kappa shape index (κ2) is 7.33. The van der Waals surface area contributed by atoms with Gasteiger partial charge in [0.05, 0.1) is 5.25 Å². The summed E-state index contributed by atoms with van der Waals surface area (Å²) in [6, 6.07) is 8.51. The van der Waals surface area contributed by atoms with E-state index in [1.807, 2.05) is 30.3 Å². The van der Waals surface area contributed by atoms with Crippen LogP contribution in [0, 0.1) is 0 Å². The molecular weight excluding hydrogens is 274 g/mol. The first-order valence-corrected chi connectivity index (χ1v) is 7.90. The number of carbonyl (C=O) groups is 2. The maximum absolute atomic E-state index is 12.1. The maximum atomic E-state index is 12.1. The molecule has 0 bridgehead atoms. The second-order valence-corrected chi connectivity index (χ2v) is 6.25. The average Bonchev–Trinajstić information content (AvgIpc) is 2.48. The summed E-state index contributed by atoms with van der Waals surface area (Å²) in [6.45, 7) is 0. The summed E-state index contributed by atoms with van der Waals surface area (Å²) < 4.78 is 0. The Morgan fingerprint density at radius 3 is 2.65 bits per heavy atom. The Hall–Kier alpha value is -1.49. The Kier molecular flexibility index (Phi) is 5.47. The van der Waals surface area contributed by atoms with Crippen LogP contribution in [0.5, 0.6) is 0 Å². The van der Waals surface area contributed by atoms with Crippen LogP contribution in [0.25, 0.3) is 0 Å². The quantitative estimate of drug-likeness (QED) is 0.872. The minimum atomic E-state index is -0.983. The first kappa shape index (κ1) is 14.9. The fourth-order valence-corrected chi connectivity index (χ4v) is 3.47. The molecule has 2 atom stereocenters. The lowest BCUT2D eigenvalue weighted by atomic mass is 10.1. The minimum absolute atomic E-state index is 0.0960. The number of amides is 1. The van der Waals surface area contributed by atoms with E-state index in [4.69, 9.17) is 0 Å². The summed E-state index contributed by atoms with van der Waals surface area (Å²) in [4.78, 5) is 23.4. The van der Waals surface area contributed by atoms with Gasteiger partial charge in [0.1, 0.15) is 6.04 Å². The highest BCUT2D eigenvalue weighted by molar-refractivity contribution is 8.00. The lowest BCUT2D eigenvalue weighted by Gasteiger charge is -2.23. The van der Waals surface area contributed by atoms with Crippen LogP contribution in [0.1, 0.15) is 24.8 Å². The van der Waals surface area contributed by atoms with Gasteiger partial charge in [-0.15, -0.1) is 11.8 Å². The molecule has 0 aromatic heterocycles. The van der Waals surface area contributed by atoms with Crippen molar-refractivity contribution in [3.8, 4) is 0 Å². The summed E-state index contributed by atoms with van der Waals surface area (Å²) >= 11 is 1.63. The molecule has 0 radical (unpaired) electrons. The van der Waals surface area contributed by atoms with Crippen LogP contribution in [0.4, 0.5) is 0 Å². The molecule has 1 fully saturated rings. The fraction of sp³-hybridized carbons (Fsp3) is 0.467. The molecule has 1 aromatic carbocycles. The van der Waals surface area contributed by atoms with Crippen molar-refractivity contribution in [1.29, 1.82) is 0 Å². The van der Waals surface area contributed by atoms with Gasteiger partial charge in [0, 0.05) is 6.42 Å². The van der Waals surface area contributed by atoms with Crippen LogP contribution in [-0.2, 0) is 16.0 Å². The summed E-state index contributed by atoms with van der Waals surface area (Å²) in [5.74, 6) is -0.143. The molecule has 2 N–H and O–H groups in total. The largest absolute Gasteiger partial charge is 0.480 e. The standard InChI is InChI=1S/C15H19NO3S/c17-14(13-8-4-5-9-20-13)16-12(15(18)19)10-11-6-2-1-3-7-11/h1-3,6-7,12-13H,4-5,8-10H2,(H,16,17)(H,18,19)/t12-,13?/m1/s1. The van der Waals surface area contributed by atoms with Gasteiger partial charge in [0.2, 0.25) is 5.91 Å². The van der Waals surface area contributed by atoms with Crippen molar-refractivity contribution in [2.45, 2.75) is 37.0 Å². The van der Waals surface area contributed by atoms with Gasteiger partial charge in [-0.05, 0) is 24.2 Å². The highest BCUT2D eigenvalue weighted by atomic mass is 32.2. The number of thioether (sulfide) groups is 1. The molecule has 0 spiro atoms. The number of hydrogen-bond acceptors (Lipinski definition) is 3. The summed E-state index contributed by atoms with van der Waals surface area (Å²) in [5.41, 5.74) is 0.913. The highest BCUT2D eigenvalue weighted by Crippen LogP contribution is 2.25. The molecule has 1 amide bonds. The van der Waals surface area contributed by atoms with Crippen LogP contribution in [0.3, 0.4) is 0 Å². The molecule has 5 heteroatoms. The van der Waals surface area contributed by atoms with Gasteiger partial charge in [-0.2, -0.15) is 0 Å². The Bertz CT molecular complexity index is 457. The first-order chi connectivity index (χ1) is 9.66. The maximum Gasteiger partial charge on any atom is 0.326 e. The summed E-state index contributed by atoms with van der Waals surface area (Å²) in [7, 11) is 0. The molecule has 1 saturated heterocycles. The lowest BCUT2D eigenvalue weighted by molar-refractivity contribution is -0.141. The normalized spacial score (nSPS) is 20.1. The number of hydrogen-bond donors (Lipinski definition) is 2.